The number of carbonyl (C=O) groups excluding carboxylic acids is 3. The minimum Gasteiger partial charge on any atom is -0.421 e. The summed E-state index contributed by atoms with van der Waals surface area (Å²) in [4.78, 5) is 39.6. The molecule has 2 aromatic carbocycles. The van der Waals surface area contributed by atoms with E-state index in [-0.39, 0.29) is 40.0 Å². The van der Waals surface area contributed by atoms with Crippen LogP contribution in [-0.4, -0.2) is 17.8 Å². The van der Waals surface area contributed by atoms with Crippen molar-refractivity contribution < 1.29 is 19.1 Å². The van der Waals surface area contributed by atoms with Crippen molar-refractivity contribution in [1.82, 2.24) is 0 Å². The fraction of sp³-hybridized carbons (Fsp3) is 0.318. The van der Waals surface area contributed by atoms with Crippen molar-refractivity contribution in [3.8, 4) is 5.75 Å². The van der Waals surface area contributed by atoms with Crippen LogP contribution in [0.1, 0.15) is 36.5 Å². The molecule has 2 aliphatic rings. The van der Waals surface area contributed by atoms with Crippen LogP contribution in [0.5, 0.6) is 5.75 Å². The van der Waals surface area contributed by atoms with Gasteiger partial charge in [0.15, 0.2) is 0 Å². The standard InChI is InChI=1S/C22H19Cl2NO4/c1-12-5-7-16-17(9-12)21(27)25(20(16)26)15-4-2-3-13(10-15)22(28)29-19-8-6-14(23)11-18(19)24/h2-4,6,8,10-12,16-17H,5,7,9H2,1H3/t12-,16-,17+/m1/s1. The van der Waals surface area contributed by atoms with Gasteiger partial charge in [0, 0.05) is 5.02 Å². The summed E-state index contributed by atoms with van der Waals surface area (Å²) in [7, 11) is 0. The number of hydrogen-bond acceptors (Lipinski definition) is 4. The van der Waals surface area contributed by atoms with E-state index in [4.69, 9.17) is 27.9 Å². The first-order chi connectivity index (χ1) is 13.8. The van der Waals surface area contributed by atoms with Crippen molar-refractivity contribution in [1.29, 1.82) is 0 Å². The predicted molar refractivity (Wildman–Crippen MR) is 110 cm³/mol. The maximum atomic E-state index is 12.9. The van der Waals surface area contributed by atoms with Gasteiger partial charge in [-0.2, -0.15) is 0 Å². The molecule has 29 heavy (non-hydrogen) atoms. The number of carbonyl (C=O) groups is 3. The highest BCUT2D eigenvalue weighted by Crippen LogP contribution is 2.42. The van der Waals surface area contributed by atoms with E-state index in [1.165, 1.54) is 23.1 Å². The first-order valence-corrected chi connectivity index (χ1v) is 10.3. The van der Waals surface area contributed by atoms with Crippen LogP contribution in [0.4, 0.5) is 5.69 Å². The number of fused-ring (bicyclic) bond motifs is 1. The Hall–Kier alpha value is -2.37. The van der Waals surface area contributed by atoms with Gasteiger partial charge < -0.3 is 4.74 Å². The summed E-state index contributed by atoms with van der Waals surface area (Å²) in [6, 6.07) is 10.9. The van der Waals surface area contributed by atoms with E-state index in [1.807, 2.05) is 0 Å². The number of anilines is 1. The molecule has 3 atom stereocenters. The molecular formula is C22H19Cl2NO4. The van der Waals surface area contributed by atoms with E-state index in [2.05, 4.69) is 6.92 Å². The Balaban J connectivity index is 1.58. The summed E-state index contributed by atoms with van der Waals surface area (Å²) in [5.74, 6) is -0.924. The van der Waals surface area contributed by atoms with Gasteiger partial charge in [-0.15, -0.1) is 0 Å². The fourth-order valence-electron chi connectivity index (χ4n) is 4.13. The van der Waals surface area contributed by atoms with Crippen molar-refractivity contribution in [2.75, 3.05) is 4.90 Å². The number of imide groups is 1. The lowest BCUT2D eigenvalue weighted by Gasteiger charge is -2.25. The maximum Gasteiger partial charge on any atom is 0.343 e. The lowest BCUT2D eigenvalue weighted by Crippen LogP contribution is -2.31. The number of rotatable bonds is 3. The molecule has 2 aromatic rings. The van der Waals surface area contributed by atoms with E-state index in [0.717, 1.165) is 19.3 Å². The van der Waals surface area contributed by atoms with E-state index in [9.17, 15) is 14.4 Å². The highest BCUT2D eigenvalue weighted by atomic mass is 35.5. The molecule has 4 rings (SSSR count). The molecule has 1 aliphatic carbocycles. The van der Waals surface area contributed by atoms with Crippen LogP contribution >= 0.6 is 23.2 Å². The molecule has 5 nitrogen and oxygen atoms in total. The molecule has 1 heterocycles. The predicted octanol–water partition coefficient (Wildman–Crippen LogP) is 5.14. The van der Waals surface area contributed by atoms with Gasteiger partial charge in [0.2, 0.25) is 11.8 Å². The zero-order valence-corrected chi connectivity index (χ0v) is 17.2. The zero-order valence-electron chi connectivity index (χ0n) is 15.7. The molecule has 0 unspecified atom stereocenters. The van der Waals surface area contributed by atoms with Crippen LogP contribution in [-0.2, 0) is 9.59 Å². The smallest absolute Gasteiger partial charge is 0.343 e. The van der Waals surface area contributed by atoms with Crippen LogP contribution in [0.2, 0.25) is 10.0 Å². The van der Waals surface area contributed by atoms with Crippen LogP contribution in [0.3, 0.4) is 0 Å². The number of benzene rings is 2. The van der Waals surface area contributed by atoms with Gasteiger partial charge in [-0.05, 0) is 61.6 Å². The zero-order chi connectivity index (χ0) is 20.7. The van der Waals surface area contributed by atoms with Crippen molar-refractivity contribution >= 4 is 46.7 Å². The van der Waals surface area contributed by atoms with Gasteiger partial charge in [0.1, 0.15) is 5.75 Å². The normalized spacial score (nSPS) is 23.8. The molecule has 1 aliphatic heterocycles. The van der Waals surface area contributed by atoms with Crippen LogP contribution in [0.25, 0.3) is 0 Å². The summed E-state index contributed by atoms with van der Waals surface area (Å²) in [5.41, 5.74) is 0.607. The summed E-state index contributed by atoms with van der Waals surface area (Å²) in [6.45, 7) is 2.11. The van der Waals surface area contributed by atoms with Gasteiger partial charge in [-0.25, -0.2) is 4.79 Å². The molecule has 150 valence electrons. The summed E-state index contributed by atoms with van der Waals surface area (Å²) < 4.78 is 5.35. The van der Waals surface area contributed by atoms with Gasteiger partial charge in [-0.3, -0.25) is 14.5 Å². The number of hydrogen-bond donors (Lipinski definition) is 0. The molecule has 0 bridgehead atoms. The van der Waals surface area contributed by atoms with Crippen molar-refractivity contribution in [2.24, 2.45) is 17.8 Å². The van der Waals surface area contributed by atoms with Gasteiger partial charge in [0.25, 0.3) is 0 Å². The highest BCUT2D eigenvalue weighted by Gasteiger charge is 2.50. The molecule has 2 fully saturated rings. The number of halogens is 2. The Morgan fingerprint density at radius 1 is 1.03 bits per heavy atom. The second kappa shape index (κ2) is 7.81. The molecule has 1 saturated heterocycles. The number of nitrogens with zero attached hydrogens (tertiary/aromatic N) is 1. The minimum atomic E-state index is -0.638. The number of esters is 1. The largest absolute Gasteiger partial charge is 0.421 e. The molecule has 0 spiro atoms. The van der Waals surface area contributed by atoms with Crippen LogP contribution in [0.15, 0.2) is 42.5 Å². The summed E-state index contributed by atoms with van der Waals surface area (Å²) in [6.07, 6.45) is 2.40. The molecule has 1 saturated carbocycles. The van der Waals surface area contributed by atoms with E-state index in [0.29, 0.717) is 16.6 Å². The quantitative estimate of drug-likeness (QED) is 0.383. The SMILES string of the molecule is C[C@@H]1CC[C@H]2C(=O)N(c3cccc(C(=O)Oc4ccc(Cl)cc4Cl)c3)C(=O)[C@H]2C1. The van der Waals surface area contributed by atoms with Gasteiger partial charge >= 0.3 is 5.97 Å². The Kier molecular flexibility index (Phi) is 5.36. The molecule has 2 amide bonds. The highest BCUT2D eigenvalue weighted by molar-refractivity contribution is 6.35. The van der Waals surface area contributed by atoms with Crippen molar-refractivity contribution in [2.45, 2.75) is 26.2 Å². The van der Waals surface area contributed by atoms with Gasteiger partial charge in [-0.1, -0.05) is 36.2 Å². The monoisotopic (exact) mass is 431 g/mol. The average molecular weight is 432 g/mol. The molecular weight excluding hydrogens is 413 g/mol. The summed E-state index contributed by atoms with van der Waals surface area (Å²) >= 11 is 11.9. The second-order valence-electron chi connectivity index (χ2n) is 7.66. The van der Waals surface area contributed by atoms with Gasteiger partial charge in [0.05, 0.1) is 28.1 Å². The van der Waals surface area contributed by atoms with E-state index < -0.39 is 5.97 Å². The first-order valence-electron chi connectivity index (χ1n) is 9.50. The third-order valence-electron chi connectivity index (χ3n) is 5.62. The maximum absolute atomic E-state index is 12.9. The van der Waals surface area contributed by atoms with E-state index in [1.54, 1.807) is 24.3 Å². The molecule has 0 N–H and O–H groups in total. The summed E-state index contributed by atoms with van der Waals surface area (Å²) in [5, 5.41) is 0.642. The molecule has 7 heteroatoms. The van der Waals surface area contributed by atoms with Crippen molar-refractivity contribution in [3.05, 3.63) is 58.1 Å². The minimum absolute atomic E-state index is 0.180. The number of ether oxygens (including phenoxy) is 1. The Morgan fingerprint density at radius 2 is 1.79 bits per heavy atom. The third kappa shape index (κ3) is 3.77. The second-order valence-corrected chi connectivity index (χ2v) is 8.50. The van der Waals surface area contributed by atoms with Crippen LogP contribution in [0, 0.1) is 17.8 Å². The number of amides is 2. The molecule has 0 radical (unpaired) electrons. The van der Waals surface area contributed by atoms with Crippen LogP contribution < -0.4 is 9.64 Å². The average Bonchev–Trinajstić information content (AvgIpc) is 2.94. The Morgan fingerprint density at radius 3 is 2.55 bits per heavy atom. The Bertz CT molecular complexity index is 1010. The first kappa shape index (κ1) is 19.9. The lowest BCUT2D eigenvalue weighted by atomic mass is 9.76. The third-order valence-corrected chi connectivity index (χ3v) is 6.15. The fourth-order valence-corrected chi connectivity index (χ4v) is 4.58. The Labute approximate surface area is 178 Å². The van der Waals surface area contributed by atoms with E-state index >= 15 is 0 Å². The lowest BCUT2D eigenvalue weighted by molar-refractivity contribution is -0.122. The topological polar surface area (TPSA) is 63.7 Å². The molecule has 0 aromatic heterocycles. The van der Waals surface area contributed by atoms with Crippen molar-refractivity contribution in [3.63, 3.8) is 0 Å².